The average Bonchev–Trinajstić information content (AvgIpc) is 2.82. The minimum absolute atomic E-state index is 0.0705. The van der Waals surface area contributed by atoms with Gasteiger partial charge in [-0.3, -0.25) is 19.8 Å². The normalized spacial score (nSPS) is 26.0. The van der Waals surface area contributed by atoms with Crippen molar-refractivity contribution >= 4 is 11.8 Å². The van der Waals surface area contributed by atoms with Gasteiger partial charge in [-0.2, -0.15) is 0 Å². The van der Waals surface area contributed by atoms with Crippen molar-refractivity contribution in [2.45, 2.75) is 37.8 Å². The Hall–Kier alpha value is -1.75. The molecule has 0 saturated carbocycles. The summed E-state index contributed by atoms with van der Waals surface area (Å²) >= 11 is 0. The first kappa shape index (κ1) is 13.2. The summed E-state index contributed by atoms with van der Waals surface area (Å²) in [6.45, 7) is 0. The molecule has 1 aromatic rings. The molecule has 106 valence electrons. The van der Waals surface area contributed by atoms with E-state index in [0.29, 0.717) is 12.8 Å². The maximum absolute atomic E-state index is 13.2. The molecule has 2 amide bonds. The number of hydrogen-bond acceptors (Lipinski definition) is 3. The highest BCUT2D eigenvalue weighted by molar-refractivity contribution is 6.00. The van der Waals surface area contributed by atoms with E-state index in [9.17, 15) is 14.0 Å². The van der Waals surface area contributed by atoms with E-state index >= 15 is 0 Å². The van der Waals surface area contributed by atoms with Crippen molar-refractivity contribution in [2.75, 3.05) is 7.05 Å². The molecule has 0 aromatic heterocycles. The van der Waals surface area contributed by atoms with Gasteiger partial charge in [0.15, 0.2) is 0 Å². The molecular weight excluding hydrogens is 259 g/mol. The largest absolute Gasteiger partial charge is 0.299 e. The molecule has 0 bridgehead atoms. The van der Waals surface area contributed by atoms with Crippen LogP contribution in [0.3, 0.4) is 0 Å². The molecule has 4 nitrogen and oxygen atoms in total. The predicted molar refractivity (Wildman–Crippen MR) is 71.4 cm³/mol. The Morgan fingerprint density at radius 3 is 2.75 bits per heavy atom. The van der Waals surface area contributed by atoms with Crippen LogP contribution in [0.4, 0.5) is 4.39 Å². The summed E-state index contributed by atoms with van der Waals surface area (Å²) in [6, 6.07) is 4.56. The number of piperidine rings is 1. The van der Waals surface area contributed by atoms with Gasteiger partial charge in [-0.1, -0.05) is 6.07 Å². The van der Waals surface area contributed by atoms with Crippen LogP contribution in [0.25, 0.3) is 0 Å². The maximum atomic E-state index is 13.2. The van der Waals surface area contributed by atoms with Gasteiger partial charge < -0.3 is 0 Å². The number of halogens is 1. The van der Waals surface area contributed by atoms with Crippen LogP contribution in [0.1, 0.15) is 36.4 Å². The van der Waals surface area contributed by atoms with Gasteiger partial charge in [0, 0.05) is 19.5 Å². The van der Waals surface area contributed by atoms with Crippen molar-refractivity contribution in [1.82, 2.24) is 10.2 Å². The molecule has 1 aliphatic carbocycles. The summed E-state index contributed by atoms with van der Waals surface area (Å²) in [5.74, 6) is -0.512. The van der Waals surface area contributed by atoms with Crippen molar-refractivity contribution < 1.29 is 14.0 Å². The Bertz CT molecular complexity index is 573. The fourth-order valence-corrected chi connectivity index (χ4v) is 3.07. The highest BCUT2D eigenvalue weighted by Crippen LogP contribution is 2.32. The van der Waals surface area contributed by atoms with Crippen LogP contribution in [-0.2, 0) is 16.0 Å². The third kappa shape index (κ3) is 2.22. The first-order chi connectivity index (χ1) is 9.56. The van der Waals surface area contributed by atoms with E-state index in [1.807, 2.05) is 0 Å². The zero-order chi connectivity index (χ0) is 14.3. The lowest BCUT2D eigenvalue weighted by atomic mass is 10.0. The fraction of sp³-hybridized carbons (Fsp3) is 0.467. The number of nitrogens with zero attached hydrogens (tertiary/aromatic N) is 1. The molecular formula is C15H17FN2O2. The number of nitrogens with one attached hydrogen (secondary N) is 1. The SMILES string of the molecule is CN1C(=O)CCC(NC2CCc3cc(F)ccc32)C1=O. The average molecular weight is 276 g/mol. The Morgan fingerprint density at radius 1 is 1.20 bits per heavy atom. The minimum Gasteiger partial charge on any atom is -0.299 e. The van der Waals surface area contributed by atoms with Gasteiger partial charge in [0.05, 0.1) is 6.04 Å². The van der Waals surface area contributed by atoms with Crippen LogP contribution in [0.15, 0.2) is 18.2 Å². The van der Waals surface area contributed by atoms with Gasteiger partial charge in [-0.25, -0.2) is 4.39 Å². The second kappa shape index (κ2) is 4.98. The monoisotopic (exact) mass is 276 g/mol. The Morgan fingerprint density at radius 2 is 1.95 bits per heavy atom. The lowest BCUT2D eigenvalue weighted by Crippen LogP contribution is -2.52. The number of imide groups is 1. The molecule has 5 heteroatoms. The quantitative estimate of drug-likeness (QED) is 0.834. The molecule has 1 saturated heterocycles. The smallest absolute Gasteiger partial charge is 0.246 e. The van der Waals surface area contributed by atoms with Crippen molar-refractivity contribution in [1.29, 1.82) is 0 Å². The van der Waals surface area contributed by atoms with E-state index in [-0.39, 0.29) is 29.7 Å². The predicted octanol–water partition coefficient (Wildman–Crippen LogP) is 1.55. The van der Waals surface area contributed by atoms with Crippen molar-refractivity contribution in [3.05, 3.63) is 35.1 Å². The zero-order valence-electron chi connectivity index (χ0n) is 11.4. The Balaban J connectivity index is 1.74. The highest BCUT2D eigenvalue weighted by atomic mass is 19.1. The molecule has 2 aliphatic rings. The van der Waals surface area contributed by atoms with Crippen LogP contribution in [-0.4, -0.2) is 29.8 Å². The number of likely N-dealkylation sites (tertiary alicyclic amines) is 1. The summed E-state index contributed by atoms with van der Waals surface area (Å²) < 4.78 is 13.2. The molecule has 1 fully saturated rings. The summed E-state index contributed by atoms with van der Waals surface area (Å²) in [5.41, 5.74) is 2.08. The topological polar surface area (TPSA) is 49.4 Å². The lowest BCUT2D eigenvalue weighted by Gasteiger charge is -2.30. The van der Waals surface area contributed by atoms with Gasteiger partial charge in [0.2, 0.25) is 11.8 Å². The second-order valence-corrected chi connectivity index (χ2v) is 5.48. The number of aryl methyl sites for hydroxylation is 1. The van der Waals surface area contributed by atoms with E-state index in [1.165, 1.54) is 18.0 Å². The molecule has 1 aromatic carbocycles. The van der Waals surface area contributed by atoms with E-state index in [0.717, 1.165) is 24.0 Å². The Labute approximate surface area is 117 Å². The molecule has 1 N–H and O–H groups in total. The Kier molecular flexibility index (Phi) is 3.30. The third-order valence-electron chi connectivity index (χ3n) is 4.23. The summed E-state index contributed by atoms with van der Waals surface area (Å²) in [7, 11) is 1.52. The van der Waals surface area contributed by atoms with Gasteiger partial charge in [0.1, 0.15) is 5.82 Å². The minimum atomic E-state index is -0.321. The van der Waals surface area contributed by atoms with Crippen LogP contribution in [0.2, 0.25) is 0 Å². The van der Waals surface area contributed by atoms with Crippen molar-refractivity contribution in [2.24, 2.45) is 0 Å². The molecule has 3 rings (SSSR count). The molecule has 2 atom stereocenters. The number of fused-ring (bicyclic) bond motifs is 1. The molecule has 0 spiro atoms. The number of carbonyl (C=O) groups is 2. The molecule has 20 heavy (non-hydrogen) atoms. The summed E-state index contributed by atoms with van der Waals surface area (Å²) in [6.07, 6.45) is 2.61. The van der Waals surface area contributed by atoms with Gasteiger partial charge >= 0.3 is 0 Å². The highest BCUT2D eigenvalue weighted by Gasteiger charge is 2.34. The molecule has 0 radical (unpaired) electrons. The number of hydrogen-bond donors (Lipinski definition) is 1. The van der Waals surface area contributed by atoms with Crippen molar-refractivity contribution in [3.8, 4) is 0 Å². The first-order valence-electron chi connectivity index (χ1n) is 6.91. The van der Waals surface area contributed by atoms with Crippen LogP contribution in [0.5, 0.6) is 0 Å². The number of benzene rings is 1. The third-order valence-corrected chi connectivity index (χ3v) is 4.23. The molecule has 1 heterocycles. The number of carbonyl (C=O) groups excluding carboxylic acids is 2. The van der Waals surface area contributed by atoms with E-state index < -0.39 is 0 Å². The number of amides is 2. The summed E-state index contributed by atoms with van der Waals surface area (Å²) in [5, 5.41) is 3.33. The second-order valence-electron chi connectivity index (χ2n) is 5.48. The van der Waals surface area contributed by atoms with Crippen molar-refractivity contribution in [3.63, 3.8) is 0 Å². The van der Waals surface area contributed by atoms with Gasteiger partial charge in [0.25, 0.3) is 0 Å². The van der Waals surface area contributed by atoms with Crippen LogP contribution < -0.4 is 5.32 Å². The first-order valence-corrected chi connectivity index (χ1v) is 6.91. The maximum Gasteiger partial charge on any atom is 0.246 e. The molecule has 2 unspecified atom stereocenters. The molecule has 1 aliphatic heterocycles. The van der Waals surface area contributed by atoms with Crippen LogP contribution >= 0.6 is 0 Å². The zero-order valence-corrected chi connectivity index (χ0v) is 11.4. The van der Waals surface area contributed by atoms with Gasteiger partial charge in [-0.15, -0.1) is 0 Å². The number of likely N-dealkylation sites (N-methyl/N-ethyl adjacent to an activating group) is 1. The van der Waals surface area contributed by atoms with E-state index in [2.05, 4.69) is 5.32 Å². The number of rotatable bonds is 2. The van der Waals surface area contributed by atoms with Crippen LogP contribution in [0, 0.1) is 5.82 Å². The van der Waals surface area contributed by atoms with E-state index in [4.69, 9.17) is 0 Å². The summed E-state index contributed by atoms with van der Waals surface area (Å²) in [4.78, 5) is 24.7. The van der Waals surface area contributed by atoms with E-state index in [1.54, 1.807) is 12.1 Å². The standard InChI is InChI=1S/C15H17FN2O2/c1-18-14(19)7-6-13(15(18)20)17-12-5-2-9-8-10(16)3-4-11(9)12/h3-4,8,12-13,17H,2,5-7H2,1H3. The van der Waals surface area contributed by atoms with Gasteiger partial charge in [-0.05, 0) is 42.5 Å². The lowest BCUT2D eigenvalue weighted by molar-refractivity contribution is -0.148. The fourth-order valence-electron chi connectivity index (χ4n) is 3.07.